The predicted molar refractivity (Wildman–Crippen MR) is 139 cm³/mol. The second kappa shape index (κ2) is 8.86. The van der Waals surface area contributed by atoms with Gasteiger partial charge in [0, 0.05) is 22.7 Å². The molecule has 208 valence electrons. The lowest BCUT2D eigenvalue weighted by molar-refractivity contribution is -0.310. The van der Waals surface area contributed by atoms with Gasteiger partial charge in [-0.05, 0) is 77.1 Å². The number of rotatable bonds is 4. The quantitative estimate of drug-likeness (QED) is 0.537. The van der Waals surface area contributed by atoms with Crippen molar-refractivity contribution in [3.05, 3.63) is 40.9 Å². The maximum Gasteiger partial charge on any atom is 0.183 e. The normalized spacial score (nSPS) is 48.9. The highest BCUT2D eigenvalue weighted by Crippen LogP contribution is 2.71. The first-order valence-electron chi connectivity index (χ1n) is 14.1. The number of hydrogen-bond donors (Lipinski definition) is 2. The van der Waals surface area contributed by atoms with Gasteiger partial charge in [-0.1, -0.05) is 42.5 Å². The first kappa shape index (κ1) is 26.4. The van der Waals surface area contributed by atoms with Crippen molar-refractivity contribution in [2.24, 2.45) is 33.8 Å². The first-order valence-corrected chi connectivity index (χ1v) is 14.1. The number of nitroso groups, excluding NO2 is 1. The van der Waals surface area contributed by atoms with Crippen LogP contribution in [0.15, 0.2) is 41.1 Å². The Morgan fingerprint density at radius 3 is 2.71 bits per heavy atom. The summed E-state index contributed by atoms with van der Waals surface area (Å²) in [5.74, 6) is -1.05. The van der Waals surface area contributed by atoms with E-state index in [1.807, 2.05) is 32.1 Å². The summed E-state index contributed by atoms with van der Waals surface area (Å²) in [4.78, 5) is 34.4. The zero-order valence-corrected chi connectivity index (χ0v) is 22.6. The molecule has 0 aromatic carbocycles. The molecule has 38 heavy (non-hydrogen) atoms. The van der Waals surface area contributed by atoms with Crippen molar-refractivity contribution < 1.29 is 23.9 Å². The zero-order chi connectivity index (χ0) is 27.1. The summed E-state index contributed by atoms with van der Waals surface area (Å²) in [6.07, 6.45) is 8.08. The number of hydrogen-bond acceptors (Lipinski definition) is 8. The van der Waals surface area contributed by atoms with Crippen LogP contribution in [0.1, 0.15) is 52.4 Å². The van der Waals surface area contributed by atoms with Crippen LogP contribution in [0.25, 0.3) is 0 Å². The fraction of sp³-hybridized carbons (Fsp3) is 0.759. The Balaban J connectivity index is 1.40. The summed E-state index contributed by atoms with van der Waals surface area (Å²) < 4.78 is 24.4. The number of Topliss-reactive ketones (excluding diaryl/α,β-unsaturated/α-hetero) is 1. The molecule has 3 saturated carbocycles. The number of nitrogens with zero attached hydrogens (tertiary/aromatic N) is 2. The number of ether oxygens (including phenoxy) is 1. The van der Waals surface area contributed by atoms with Gasteiger partial charge in [-0.25, -0.2) is 4.39 Å². The number of allylic oxidation sites excluding steroid dienone is 5. The molecular weight excluding hydrogens is 489 g/mol. The number of ketones is 1. The molecule has 0 aromatic rings. The molecule has 6 rings (SSSR count). The second-order valence-corrected chi connectivity index (χ2v) is 13.0. The SMILES string of the molecule is C=C1C=CC2(C)C(=C1)CCC1[C@@H]3C[C@H]4OC(C5CCN(C)CC5)ON[C@@]4(C(=O)CO)C3(C)CC(N=O)[C@@]12F. The fourth-order valence-electron chi connectivity index (χ4n) is 9.28. The Hall–Kier alpha value is -1.78. The van der Waals surface area contributed by atoms with E-state index in [1.54, 1.807) is 0 Å². The van der Waals surface area contributed by atoms with Gasteiger partial charge in [0.2, 0.25) is 0 Å². The van der Waals surface area contributed by atoms with Crippen LogP contribution in [-0.4, -0.2) is 72.2 Å². The molecule has 4 aliphatic carbocycles. The Morgan fingerprint density at radius 1 is 1.29 bits per heavy atom. The molecule has 0 amide bonds. The van der Waals surface area contributed by atoms with Crippen LogP contribution in [0.2, 0.25) is 0 Å². The molecule has 2 N–H and O–H groups in total. The molecule has 0 aromatic heterocycles. The Morgan fingerprint density at radius 2 is 2.03 bits per heavy atom. The Labute approximate surface area is 223 Å². The zero-order valence-electron chi connectivity index (χ0n) is 22.6. The van der Waals surface area contributed by atoms with E-state index in [2.05, 4.69) is 29.2 Å². The van der Waals surface area contributed by atoms with Crippen LogP contribution in [-0.2, 0) is 14.4 Å². The number of nitrogens with one attached hydrogen (secondary N) is 1. The van der Waals surface area contributed by atoms with Crippen molar-refractivity contribution in [1.29, 1.82) is 0 Å². The minimum Gasteiger partial charge on any atom is -0.389 e. The van der Waals surface area contributed by atoms with Gasteiger partial charge in [-0.15, -0.1) is 0 Å². The summed E-state index contributed by atoms with van der Waals surface area (Å²) in [5, 5.41) is 13.5. The molecule has 0 bridgehead atoms. The molecule has 9 atom stereocenters. The minimum absolute atomic E-state index is 0.0622. The van der Waals surface area contributed by atoms with E-state index in [1.165, 1.54) is 0 Å². The maximum atomic E-state index is 17.8. The number of hydroxylamine groups is 1. The lowest BCUT2D eigenvalue weighted by atomic mass is 9.44. The van der Waals surface area contributed by atoms with E-state index < -0.39 is 58.8 Å². The van der Waals surface area contributed by atoms with Gasteiger partial charge in [0.15, 0.2) is 17.7 Å². The summed E-state index contributed by atoms with van der Waals surface area (Å²) in [5.41, 5.74) is -0.292. The number of carbonyl (C=O) groups is 1. The molecule has 0 radical (unpaired) electrons. The smallest absolute Gasteiger partial charge is 0.183 e. The largest absolute Gasteiger partial charge is 0.389 e. The van der Waals surface area contributed by atoms with Gasteiger partial charge in [0.05, 0.1) is 6.10 Å². The number of likely N-dealkylation sites (tertiary alicyclic amines) is 1. The van der Waals surface area contributed by atoms with Gasteiger partial charge in [-0.3, -0.25) is 9.63 Å². The Kier molecular flexibility index (Phi) is 6.17. The highest BCUT2D eigenvalue weighted by atomic mass is 19.1. The number of halogens is 1. The molecule has 2 heterocycles. The predicted octanol–water partition coefficient (Wildman–Crippen LogP) is 3.62. The molecule has 5 unspecified atom stereocenters. The van der Waals surface area contributed by atoms with E-state index in [9.17, 15) is 14.8 Å². The minimum atomic E-state index is -1.91. The molecule has 8 nitrogen and oxygen atoms in total. The van der Waals surface area contributed by atoms with Gasteiger partial charge in [0.1, 0.15) is 18.2 Å². The van der Waals surface area contributed by atoms with E-state index in [0.717, 1.165) is 37.1 Å². The highest BCUT2D eigenvalue weighted by molar-refractivity contribution is 5.92. The average molecular weight is 530 g/mol. The highest BCUT2D eigenvalue weighted by Gasteiger charge is 2.78. The molecule has 0 spiro atoms. The number of carbonyl (C=O) groups excluding carboxylic acids is 1. The molecular formula is C29H40FN3O5. The summed E-state index contributed by atoms with van der Waals surface area (Å²) in [6.45, 7) is 9.02. The van der Waals surface area contributed by atoms with Crippen molar-refractivity contribution in [2.45, 2.75) is 82.0 Å². The lowest BCUT2D eigenvalue weighted by Crippen LogP contribution is -2.75. The number of piperidine rings is 1. The monoisotopic (exact) mass is 529 g/mol. The van der Waals surface area contributed by atoms with Crippen LogP contribution in [0, 0.1) is 33.5 Å². The van der Waals surface area contributed by atoms with Crippen LogP contribution in [0.4, 0.5) is 4.39 Å². The van der Waals surface area contributed by atoms with E-state index in [-0.39, 0.29) is 18.3 Å². The van der Waals surface area contributed by atoms with Gasteiger partial charge < -0.3 is 14.7 Å². The van der Waals surface area contributed by atoms with E-state index in [0.29, 0.717) is 19.3 Å². The Bertz CT molecular complexity index is 1100. The average Bonchev–Trinajstić information content (AvgIpc) is 3.17. The summed E-state index contributed by atoms with van der Waals surface area (Å²) in [7, 11) is 2.09. The first-order chi connectivity index (χ1) is 18.0. The second-order valence-electron chi connectivity index (χ2n) is 13.0. The molecule has 2 aliphatic heterocycles. The maximum absolute atomic E-state index is 17.8. The molecule has 2 saturated heterocycles. The standard InChI is InChI=1S/C29H40FN3O5/c1-17-7-10-26(2)19(13-17)5-6-20-21-14-24-29(23(35)16-34,27(21,3)15-22(31-36)28(20,26)30)32-38-25(37-24)18-8-11-33(4)12-9-18/h7,10,13,18,20-22,24-25,32,34H,1,5-6,8-9,11-12,14-16H2,2-4H3/t20?,21-,22?,24+,25?,26?,27?,28-,29+/m0/s1. The molecule has 6 aliphatic rings. The van der Waals surface area contributed by atoms with Crippen molar-refractivity contribution in [1.82, 2.24) is 10.4 Å². The topological polar surface area (TPSA) is 100 Å². The lowest BCUT2D eigenvalue weighted by Gasteiger charge is -2.63. The molecule has 5 fully saturated rings. The number of aliphatic hydroxyl groups excluding tert-OH is 1. The third-order valence-corrected chi connectivity index (χ3v) is 11.5. The van der Waals surface area contributed by atoms with Crippen LogP contribution in [0.5, 0.6) is 0 Å². The number of alkyl halides is 1. The van der Waals surface area contributed by atoms with E-state index in [4.69, 9.17) is 9.57 Å². The van der Waals surface area contributed by atoms with Gasteiger partial charge in [0.25, 0.3) is 0 Å². The van der Waals surface area contributed by atoms with Crippen LogP contribution in [0.3, 0.4) is 0 Å². The van der Waals surface area contributed by atoms with Crippen molar-refractivity contribution in [3.63, 3.8) is 0 Å². The van der Waals surface area contributed by atoms with Gasteiger partial charge in [-0.2, -0.15) is 10.4 Å². The van der Waals surface area contributed by atoms with Crippen LogP contribution >= 0.6 is 0 Å². The van der Waals surface area contributed by atoms with E-state index >= 15 is 4.39 Å². The molecule has 9 heteroatoms. The summed E-state index contributed by atoms with van der Waals surface area (Å²) >= 11 is 0. The van der Waals surface area contributed by atoms with Gasteiger partial charge >= 0.3 is 0 Å². The third-order valence-electron chi connectivity index (χ3n) is 11.5. The third kappa shape index (κ3) is 3.22. The number of fused-ring (bicyclic) bond motifs is 7. The summed E-state index contributed by atoms with van der Waals surface area (Å²) in [6, 6.07) is -1.17. The van der Waals surface area contributed by atoms with Crippen molar-refractivity contribution >= 4 is 5.78 Å². The van der Waals surface area contributed by atoms with Crippen LogP contribution < -0.4 is 5.48 Å². The van der Waals surface area contributed by atoms with Crippen molar-refractivity contribution in [2.75, 3.05) is 26.7 Å². The van der Waals surface area contributed by atoms with Crippen molar-refractivity contribution in [3.8, 4) is 0 Å². The number of aliphatic hydroxyl groups is 1. The fourth-order valence-corrected chi connectivity index (χ4v) is 9.28.